The van der Waals surface area contributed by atoms with E-state index in [1.807, 2.05) is 6.92 Å². The third-order valence-electron chi connectivity index (χ3n) is 3.66. The highest BCUT2D eigenvalue weighted by molar-refractivity contribution is 5.91. The monoisotopic (exact) mass is 284 g/mol. The van der Waals surface area contributed by atoms with Gasteiger partial charge in [0.1, 0.15) is 17.6 Å². The molecule has 1 aliphatic carbocycles. The number of hydrogen-bond acceptors (Lipinski definition) is 4. The summed E-state index contributed by atoms with van der Waals surface area (Å²) in [6.07, 6.45) is 5.48. The summed E-state index contributed by atoms with van der Waals surface area (Å²) < 4.78 is 5.82. The zero-order valence-corrected chi connectivity index (χ0v) is 11.8. The molecule has 2 aromatic rings. The van der Waals surface area contributed by atoms with Crippen molar-refractivity contribution >= 4 is 5.97 Å². The average Bonchev–Trinajstić information content (AvgIpc) is 2.47. The minimum absolute atomic E-state index is 0.142. The first-order chi connectivity index (χ1) is 10.1. The minimum atomic E-state index is -1.01. The van der Waals surface area contributed by atoms with Crippen LogP contribution in [-0.4, -0.2) is 21.0 Å². The van der Waals surface area contributed by atoms with Crippen LogP contribution >= 0.6 is 0 Å². The molecular weight excluding hydrogens is 268 g/mol. The number of aromatic carboxylic acids is 1. The Morgan fingerprint density at radius 2 is 2.05 bits per heavy atom. The van der Waals surface area contributed by atoms with Gasteiger partial charge in [-0.1, -0.05) is 6.07 Å². The topological polar surface area (TPSA) is 72.3 Å². The molecule has 3 rings (SSSR count). The zero-order valence-electron chi connectivity index (χ0n) is 11.8. The lowest BCUT2D eigenvalue weighted by atomic mass is 9.97. The fraction of sp³-hybridized carbons (Fsp3) is 0.312. The van der Waals surface area contributed by atoms with E-state index in [2.05, 4.69) is 9.97 Å². The first kappa shape index (κ1) is 13.5. The molecule has 0 saturated heterocycles. The van der Waals surface area contributed by atoms with Gasteiger partial charge in [-0.15, -0.1) is 0 Å². The molecule has 5 nitrogen and oxygen atoms in total. The molecule has 1 aliphatic rings. The molecular formula is C16H16N2O3. The van der Waals surface area contributed by atoms with E-state index in [0.29, 0.717) is 11.6 Å². The highest BCUT2D eigenvalue weighted by Crippen LogP contribution is 2.31. The lowest BCUT2D eigenvalue weighted by Crippen LogP contribution is -2.09. The Bertz CT molecular complexity index is 698. The molecule has 0 radical (unpaired) electrons. The largest absolute Gasteiger partial charge is 0.478 e. The van der Waals surface area contributed by atoms with Crippen molar-refractivity contribution in [1.82, 2.24) is 9.97 Å². The van der Waals surface area contributed by atoms with Crippen LogP contribution in [0.25, 0.3) is 0 Å². The summed E-state index contributed by atoms with van der Waals surface area (Å²) in [5, 5.41) is 9.26. The number of carbonyl (C=O) groups is 1. The van der Waals surface area contributed by atoms with E-state index in [1.165, 1.54) is 6.33 Å². The Balaban J connectivity index is 2.01. The van der Waals surface area contributed by atoms with E-state index in [9.17, 15) is 9.90 Å². The molecule has 0 fully saturated rings. The number of ether oxygens (including phenoxy) is 1. The number of carboxylic acids is 1. The van der Waals surface area contributed by atoms with Crippen molar-refractivity contribution in [3.05, 3.63) is 46.9 Å². The van der Waals surface area contributed by atoms with Crippen molar-refractivity contribution in [1.29, 1.82) is 0 Å². The molecule has 108 valence electrons. The summed E-state index contributed by atoms with van der Waals surface area (Å²) in [6, 6.07) is 5.03. The van der Waals surface area contributed by atoms with Crippen molar-refractivity contribution in [3.8, 4) is 11.6 Å². The lowest BCUT2D eigenvalue weighted by molar-refractivity contribution is 0.0694. The number of benzene rings is 1. The van der Waals surface area contributed by atoms with Crippen LogP contribution in [0.5, 0.6) is 11.6 Å². The van der Waals surface area contributed by atoms with E-state index in [0.717, 1.165) is 42.5 Å². The van der Waals surface area contributed by atoms with Gasteiger partial charge in [0.05, 0.1) is 5.69 Å². The Labute approximate surface area is 122 Å². The SMILES string of the molecule is Cc1ccc(C(=O)O)c(Oc2ncnc3c2CCCC3)c1. The molecule has 1 aromatic heterocycles. The summed E-state index contributed by atoms with van der Waals surface area (Å²) in [5.41, 5.74) is 3.10. The van der Waals surface area contributed by atoms with Crippen molar-refractivity contribution in [2.45, 2.75) is 32.6 Å². The summed E-state index contributed by atoms with van der Waals surface area (Å²) in [4.78, 5) is 19.8. The fourth-order valence-electron chi connectivity index (χ4n) is 2.57. The molecule has 0 spiro atoms. The second-order valence-corrected chi connectivity index (χ2v) is 5.22. The molecule has 21 heavy (non-hydrogen) atoms. The zero-order chi connectivity index (χ0) is 14.8. The summed E-state index contributed by atoms with van der Waals surface area (Å²) in [5.74, 6) is -0.199. The van der Waals surface area contributed by atoms with Crippen molar-refractivity contribution < 1.29 is 14.6 Å². The van der Waals surface area contributed by atoms with E-state index in [4.69, 9.17) is 4.74 Å². The molecule has 0 aliphatic heterocycles. The normalized spacial score (nSPS) is 13.6. The van der Waals surface area contributed by atoms with Gasteiger partial charge in [-0.2, -0.15) is 0 Å². The number of aryl methyl sites for hydroxylation is 2. The molecule has 0 unspecified atom stereocenters. The summed E-state index contributed by atoms with van der Waals surface area (Å²) >= 11 is 0. The maximum Gasteiger partial charge on any atom is 0.339 e. The van der Waals surface area contributed by atoms with Gasteiger partial charge < -0.3 is 9.84 Å². The smallest absolute Gasteiger partial charge is 0.339 e. The van der Waals surface area contributed by atoms with Gasteiger partial charge in [-0.25, -0.2) is 14.8 Å². The maximum atomic E-state index is 11.3. The van der Waals surface area contributed by atoms with Crippen molar-refractivity contribution in [2.75, 3.05) is 0 Å². The van der Waals surface area contributed by atoms with Gasteiger partial charge in [-0.05, 0) is 50.3 Å². The Kier molecular flexibility index (Phi) is 3.56. The number of hydrogen-bond donors (Lipinski definition) is 1. The van der Waals surface area contributed by atoms with E-state index >= 15 is 0 Å². The third kappa shape index (κ3) is 2.72. The highest BCUT2D eigenvalue weighted by Gasteiger charge is 2.19. The predicted octanol–water partition coefficient (Wildman–Crippen LogP) is 3.15. The molecule has 0 bridgehead atoms. The Morgan fingerprint density at radius 3 is 2.86 bits per heavy atom. The quantitative estimate of drug-likeness (QED) is 0.937. The number of aromatic nitrogens is 2. The van der Waals surface area contributed by atoms with Gasteiger partial charge in [-0.3, -0.25) is 0 Å². The molecule has 0 atom stereocenters. The molecule has 5 heteroatoms. The van der Waals surface area contributed by atoms with E-state index in [-0.39, 0.29) is 5.56 Å². The van der Waals surface area contributed by atoms with Crippen LogP contribution in [0.15, 0.2) is 24.5 Å². The second kappa shape index (κ2) is 5.52. The van der Waals surface area contributed by atoms with Crippen LogP contribution in [0.2, 0.25) is 0 Å². The number of carboxylic acid groups (broad SMARTS) is 1. The fourth-order valence-corrected chi connectivity index (χ4v) is 2.57. The molecule has 0 saturated carbocycles. The standard InChI is InChI=1S/C16H16N2O3/c1-10-6-7-12(16(19)20)14(8-10)21-15-11-4-2-3-5-13(11)17-9-18-15/h6-9H,2-5H2,1H3,(H,19,20). The predicted molar refractivity (Wildman–Crippen MR) is 76.9 cm³/mol. The van der Waals surface area contributed by atoms with Gasteiger partial charge in [0.2, 0.25) is 5.88 Å². The molecule has 1 heterocycles. The minimum Gasteiger partial charge on any atom is -0.478 e. The Hall–Kier alpha value is -2.43. The number of fused-ring (bicyclic) bond motifs is 1. The first-order valence-corrected chi connectivity index (χ1v) is 6.99. The summed E-state index contributed by atoms with van der Waals surface area (Å²) in [7, 11) is 0. The van der Waals surface area contributed by atoms with Crippen molar-refractivity contribution in [2.24, 2.45) is 0 Å². The second-order valence-electron chi connectivity index (χ2n) is 5.22. The molecule has 0 amide bonds. The van der Waals surface area contributed by atoms with Crippen LogP contribution in [0.1, 0.15) is 40.0 Å². The molecule has 1 N–H and O–H groups in total. The van der Waals surface area contributed by atoms with Crippen LogP contribution in [0.4, 0.5) is 0 Å². The van der Waals surface area contributed by atoms with Crippen LogP contribution in [0.3, 0.4) is 0 Å². The number of nitrogens with zero attached hydrogens (tertiary/aromatic N) is 2. The van der Waals surface area contributed by atoms with Crippen molar-refractivity contribution in [3.63, 3.8) is 0 Å². The van der Waals surface area contributed by atoms with Gasteiger partial charge in [0.25, 0.3) is 0 Å². The number of rotatable bonds is 3. The van der Waals surface area contributed by atoms with Crippen LogP contribution in [-0.2, 0) is 12.8 Å². The van der Waals surface area contributed by atoms with E-state index < -0.39 is 5.97 Å². The highest BCUT2D eigenvalue weighted by atomic mass is 16.5. The van der Waals surface area contributed by atoms with E-state index in [1.54, 1.807) is 18.2 Å². The van der Waals surface area contributed by atoms with Gasteiger partial charge in [0, 0.05) is 5.56 Å². The summed E-state index contributed by atoms with van der Waals surface area (Å²) in [6.45, 7) is 1.90. The Morgan fingerprint density at radius 1 is 1.24 bits per heavy atom. The van der Waals surface area contributed by atoms with Gasteiger partial charge >= 0.3 is 5.97 Å². The van der Waals surface area contributed by atoms with Crippen LogP contribution in [0, 0.1) is 6.92 Å². The first-order valence-electron chi connectivity index (χ1n) is 6.99. The maximum absolute atomic E-state index is 11.3. The van der Waals surface area contributed by atoms with Gasteiger partial charge in [0.15, 0.2) is 0 Å². The molecule has 1 aromatic carbocycles. The lowest BCUT2D eigenvalue weighted by Gasteiger charge is -2.17. The average molecular weight is 284 g/mol. The van der Waals surface area contributed by atoms with Crippen LogP contribution < -0.4 is 4.74 Å². The third-order valence-corrected chi connectivity index (χ3v) is 3.66.